The molecule has 1 aliphatic heterocycles. The molecule has 0 amide bonds. The molecular formula is C6H11NO. The summed E-state index contributed by atoms with van der Waals surface area (Å²) in [7, 11) is 0. The van der Waals surface area contributed by atoms with Gasteiger partial charge in [0.2, 0.25) is 0 Å². The molecule has 46 valence electrons. The molecule has 1 aliphatic carbocycles. The Kier molecular flexibility index (Phi) is 0.746. The molecule has 0 spiro atoms. The highest BCUT2D eigenvalue weighted by Gasteiger charge is 2.53. The fourth-order valence-electron chi connectivity index (χ4n) is 1.52. The van der Waals surface area contributed by atoms with Crippen LogP contribution in [0.2, 0.25) is 0 Å². The molecule has 1 saturated heterocycles. The molecule has 2 rings (SSSR count). The van der Waals surface area contributed by atoms with Crippen molar-refractivity contribution < 1.29 is 5.11 Å². The van der Waals surface area contributed by atoms with Crippen LogP contribution in [0.5, 0.6) is 0 Å². The van der Waals surface area contributed by atoms with Crippen LogP contribution in [0.15, 0.2) is 0 Å². The summed E-state index contributed by atoms with van der Waals surface area (Å²) in [5.41, 5.74) is -0.217. The predicted molar refractivity (Wildman–Crippen MR) is 30.5 cm³/mol. The predicted octanol–water partition coefficient (Wildman–Crippen LogP) is -0.269. The third-order valence-corrected chi connectivity index (χ3v) is 2.33. The van der Waals surface area contributed by atoms with Gasteiger partial charge in [0.05, 0.1) is 5.60 Å². The van der Waals surface area contributed by atoms with Crippen molar-refractivity contribution in [3.63, 3.8) is 0 Å². The number of piperidine rings is 1. The number of hydrogen-bond acceptors (Lipinski definition) is 2. The van der Waals surface area contributed by atoms with Gasteiger partial charge in [-0.3, -0.25) is 0 Å². The molecule has 0 bridgehead atoms. The lowest BCUT2D eigenvalue weighted by Crippen LogP contribution is -2.32. The molecule has 0 aromatic carbocycles. The van der Waals surface area contributed by atoms with E-state index < -0.39 is 0 Å². The first kappa shape index (κ1) is 4.77. The maximum absolute atomic E-state index is 9.41. The lowest BCUT2D eigenvalue weighted by Gasteiger charge is -2.16. The summed E-state index contributed by atoms with van der Waals surface area (Å²) in [6.07, 6.45) is 2.01. The largest absolute Gasteiger partial charge is 0.389 e. The highest BCUT2D eigenvalue weighted by atomic mass is 16.3. The van der Waals surface area contributed by atoms with E-state index >= 15 is 0 Å². The average Bonchev–Trinajstić information content (AvgIpc) is 2.39. The molecular weight excluding hydrogens is 102 g/mol. The van der Waals surface area contributed by atoms with Crippen LogP contribution in [-0.4, -0.2) is 23.8 Å². The molecule has 0 aromatic rings. The van der Waals surface area contributed by atoms with Gasteiger partial charge in [-0.2, -0.15) is 0 Å². The first-order valence-electron chi connectivity index (χ1n) is 3.24. The van der Waals surface area contributed by atoms with Crippen molar-refractivity contribution in [3.05, 3.63) is 0 Å². The van der Waals surface area contributed by atoms with Crippen LogP contribution >= 0.6 is 0 Å². The van der Waals surface area contributed by atoms with Gasteiger partial charge in [0.15, 0.2) is 0 Å². The van der Waals surface area contributed by atoms with Gasteiger partial charge in [-0.15, -0.1) is 0 Å². The minimum atomic E-state index is -0.217. The van der Waals surface area contributed by atoms with Gasteiger partial charge in [-0.1, -0.05) is 0 Å². The van der Waals surface area contributed by atoms with Gasteiger partial charge in [0, 0.05) is 12.5 Å². The third-order valence-electron chi connectivity index (χ3n) is 2.33. The molecule has 1 heterocycles. The molecule has 2 fully saturated rings. The first-order chi connectivity index (χ1) is 3.81. The van der Waals surface area contributed by atoms with Gasteiger partial charge >= 0.3 is 0 Å². The molecule has 0 radical (unpaired) electrons. The number of nitrogens with one attached hydrogen (secondary N) is 1. The van der Waals surface area contributed by atoms with Crippen molar-refractivity contribution in [1.82, 2.24) is 5.32 Å². The third kappa shape index (κ3) is 0.501. The van der Waals surface area contributed by atoms with Crippen molar-refractivity contribution >= 4 is 0 Å². The summed E-state index contributed by atoms with van der Waals surface area (Å²) in [6, 6.07) is 0. The molecule has 1 saturated carbocycles. The van der Waals surface area contributed by atoms with Crippen LogP contribution in [0.25, 0.3) is 0 Å². The normalized spacial score (nSPS) is 52.9. The summed E-state index contributed by atoms with van der Waals surface area (Å²) < 4.78 is 0. The van der Waals surface area contributed by atoms with Gasteiger partial charge in [0.25, 0.3) is 0 Å². The molecule has 2 N–H and O–H groups in total. The van der Waals surface area contributed by atoms with Crippen LogP contribution in [-0.2, 0) is 0 Å². The van der Waals surface area contributed by atoms with Crippen LogP contribution in [0.1, 0.15) is 12.8 Å². The Bertz CT molecular complexity index is 113. The molecule has 2 aliphatic rings. The fourth-order valence-corrected chi connectivity index (χ4v) is 1.52. The second kappa shape index (κ2) is 1.25. The fraction of sp³-hybridized carbons (Fsp3) is 1.00. The number of rotatable bonds is 0. The summed E-state index contributed by atoms with van der Waals surface area (Å²) in [6.45, 7) is 2.05. The Balaban J connectivity index is 2.04. The van der Waals surface area contributed by atoms with E-state index in [1.54, 1.807) is 0 Å². The van der Waals surface area contributed by atoms with E-state index in [-0.39, 0.29) is 5.60 Å². The minimum Gasteiger partial charge on any atom is -0.389 e. The maximum atomic E-state index is 9.41. The average molecular weight is 113 g/mol. The quantitative estimate of drug-likeness (QED) is 0.453. The van der Waals surface area contributed by atoms with Crippen LogP contribution < -0.4 is 5.32 Å². The minimum absolute atomic E-state index is 0.217. The highest BCUT2D eigenvalue weighted by Crippen LogP contribution is 2.46. The van der Waals surface area contributed by atoms with E-state index in [1.807, 2.05) is 0 Å². The Morgan fingerprint density at radius 3 is 3.00 bits per heavy atom. The lowest BCUT2D eigenvalue weighted by molar-refractivity contribution is 0.108. The van der Waals surface area contributed by atoms with Crippen molar-refractivity contribution in [2.24, 2.45) is 5.92 Å². The first-order valence-corrected chi connectivity index (χ1v) is 3.24. The van der Waals surface area contributed by atoms with Gasteiger partial charge in [-0.05, 0) is 19.4 Å². The second-order valence-electron chi connectivity index (χ2n) is 2.96. The Hall–Kier alpha value is -0.0800. The van der Waals surface area contributed by atoms with E-state index in [0.29, 0.717) is 5.92 Å². The Morgan fingerprint density at radius 2 is 2.50 bits per heavy atom. The van der Waals surface area contributed by atoms with Crippen LogP contribution in [0, 0.1) is 5.92 Å². The van der Waals surface area contributed by atoms with Gasteiger partial charge in [0.1, 0.15) is 0 Å². The zero-order valence-corrected chi connectivity index (χ0v) is 4.85. The van der Waals surface area contributed by atoms with E-state index in [9.17, 15) is 5.11 Å². The highest BCUT2D eigenvalue weighted by molar-refractivity contribution is 5.06. The SMILES string of the molecule is O[C@@]12CCNC[C@H]1C2. The summed E-state index contributed by atoms with van der Waals surface area (Å²) >= 11 is 0. The molecule has 0 aromatic heterocycles. The van der Waals surface area contributed by atoms with Crippen LogP contribution in [0.4, 0.5) is 0 Å². The Morgan fingerprint density at radius 1 is 1.62 bits per heavy atom. The second-order valence-corrected chi connectivity index (χ2v) is 2.96. The van der Waals surface area contributed by atoms with E-state index in [0.717, 1.165) is 25.9 Å². The zero-order valence-electron chi connectivity index (χ0n) is 4.85. The number of hydrogen-bond donors (Lipinski definition) is 2. The van der Waals surface area contributed by atoms with Gasteiger partial charge in [-0.25, -0.2) is 0 Å². The molecule has 8 heavy (non-hydrogen) atoms. The molecule has 2 atom stereocenters. The Labute approximate surface area is 48.9 Å². The van der Waals surface area contributed by atoms with Gasteiger partial charge < -0.3 is 10.4 Å². The van der Waals surface area contributed by atoms with E-state index in [4.69, 9.17) is 0 Å². The summed E-state index contributed by atoms with van der Waals surface area (Å²) in [5, 5.41) is 12.6. The lowest BCUT2D eigenvalue weighted by atomic mass is 10.1. The van der Waals surface area contributed by atoms with Crippen molar-refractivity contribution in [2.75, 3.05) is 13.1 Å². The van der Waals surface area contributed by atoms with Crippen molar-refractivity contribution in [3.8, 4) is 0 Å². The number of aliphatic hydroxyl groups is 1. The van der Waals surface area contributed by atoms with E-state index in [2.05, 4.69) is 5.32 Å². The van der Waals surface area contributed by atoms with Crippen molar-refractivity contribution in [1.29, 1.82) is 0 Å². The topological polar surface area (TPSA) is 32.3 Å². The zero-order chi connectivity index (χ0) is 5.61. The summed E-state index contributed by atoms with van der Waals surface area (Å²) in [4.78, 5) is 0. The summed E-state index contributed by atoms with van der Waals surface area (Å²) in [5.74, 6) is 0.594. The maximum Gasteiger partial charge on any atom is 0.0705 e. The standard InChI is InChI=1S/C6H11NO/c8-6-1-2-7-4-5(6)3-6/h5,7-8H,1-4H2/t5-,6-/m1/s1. The molecule has 0 unspecified atom stereocenters. The van der Waals surface area contributed by atoms with E-state index in [1.165, 1.54) is 0 Å². The molecule has 2 heteroatoms. The molecule has 2 nitrogen and oxygen atoms in total. The van der Waals surface area contributed by atoms with Crippen LogP contribution in [0.3, 0.4) is 0 Å². The monoisotopic (exact) mass is 113 g/mol. The number of fused-ring (bicyclic) bond motifs is 1. The van der Waals surface area contributed by atoms with Crippen molar-refractivity contribution in [2.45, 2.75) is 18.4 Å². The smallest absolute Gasteiger partial charge is 0.0705 e.